The Labute approximate surface area is 197 Å². The van der Waals surface area contributed by atoms with Crippen LogP contribution in [0.3, 0.4) is 0 Å². The number of hydrogen-bond donors (Lipinski definition) is 1. The zero-order valence-electron chi connectivity index (χ0n) is 19.5. The molecule has 2 heterocycles. The topological polar surface area (TPSA) is 75.7 Å². The van der Waals surface area contributed by atoms with Crippen LogP contribution in [0.4, 0.5) is 0 Å². The summed E-state index contributed by atoms with van der Waals surface area (Å²) in [6.45, 7) is 5.44. The molecule has 0 bridgehead atoms. The standard InChI is InChI=1S/C26H34N2O4S/c1-3-26(4-2)18-23(22-10-6-7-11-24(22)32-26)27-25(29)21-14-12-20(13-15-21)19-33(30,31)28-16-8-5-9-17-28/h6-7,10-15,23H,3-5,8-9,16-19H2,1-2H3,(H,27,29)/t23-/m0/s1. The fourth-order valence-electron chi connectivity index (χ4n) is 4.87. The first kappa shape index (κ1) is 23.8. The van der Waals surface area contributed by atoms with Crippen LogP contribution in [0.25, 0.3) is 0 Å². The molecule has 1 atom stereocenters. The number of rotatable bonds is 7. The maximum Gasteiger partial charge on any atom is 0.251 e. The number of nitrogens with zero attached hydrogens (tertiary/aromatic N) is 1. The number of sulfonamides is 1. The van der Waals surface area contributed by atoms with E-state index in [0.717, 1.165) is 49.8 Å². The Hall–Kier alpha value is -2.38. The molecule has 2 aliphatic rings. The summed E-state index contributed by atoms with van der Waals surface area (Å²) in [5, 5.41) is 3.19. The van der Waals surface area contributed by atoms with Crippen molar-refractivity contribution in [3.8, 4) is 5.75 Å². The highest BCUT2D eigenvalue weighted by atomic mass is 32.2. The van der Waals surface area contributed by atoms with Crippen molar-refractivity contribution in [3.63, 3.8) is 0 Å². The van der Waals surface area contributed by atoms with E-state index in [1.54, 1.807) is 28.6 Å². The van der Waals surface area contributed by atoms with Gasteiger partial charge in [-0.05, 0) is 49.4 Å². The average molecular weight is 471 g/mol. The molecule has 0 unspecified atom stereocenters. The highest BCUT2D eigenvalue weighted by Gasteiger charge is 2.39. The zero-order chi connectivity index (χ0) is 23.5. The number of benzene rings is 2. The molecule has 2 aromatic carbocycles. The van der Waals surface area contributed by atoms with Crippen molar-refractivity contribution in [2.45, 2.75) is 69.8 Å². The number of hydrogen-bond acceptors (Lipinski definition) is 4. The smallest absolute Gasteiger partial charge is 0.251 e. The lowest BCUT2D eigenvalue weighted by molar-refractivity contribution is 0.0227. The van der Waals surface area contributed by atoms with Crippen LogP contribution in [0.5, 0.6) is 5.75 Å². The molecule has 33 heavy (non-hydrogen) atoms. The van der Waals surface area contributed by atoms with Gasteiger partial charge in [-0.3, -0.25) is 4.79 Å². The molecular weight excluding hydrogens is 436 g/mol. The molecule has 0 saturated carbocycles. The van der Waals surface area contributed by atoms with E-state index < -0.39 is 10.0 Å². The highest BCUT2D eigenvalue weighted by Crippen LogP contribution is 2.42. The minimum Gasteiger partial charge on any atom is -0.487 e. The molecule has 7 heteroatoms. The van der Waals surface area contributed by atoms with Gasteiger partial charge in [-0.1, -0.05) is 50.6 Å². The molecule has 178 valence electrons. The van der Waals surface area contributed by atoms with E-state index in [-0.39, 0.29) is 23.3 Å². The SMILES string of the molecule is CCC1(CC)C[C@H](NC(=O)c2ccc(CS(=O)(=O)N3CCCCC3)cc2)c2ccccc2O1. The van der Waals surface area contributed by atoms with Gasteiger partial charge in [0, 0.05) is 30.6 Å². The van der Waals surface area contributed by atoms with E-state index in [2.05, 4.69) is 19.2 Å². The third-order valence-electron chi connectivity index (χ3n) is 7.06. The van der Waals surface area contributed by atoms with E-state index in [1.165, 1.54) is 0 Å². The fourth-order valence-corrected chi connectivity index (χ4v) is 6.48. The quantitative estimate of drug-likeness (QED) is 0.630. The van der Waals surface area contributed by atoms with E-state index in [1.807, 2.05) is 24.3 Å². The second kappa shape index (κ2) is 9.85. The summed E-state index contributed by atoms with van der Waals surface area (Å²) in [7, 11) is -3.33. The summed E-state index contributed by atoms with van der Waals surface area (Å²) < 4.78 is 33.3. The van der Waals surface area contributed by atoms with E-state index in [4.69, 9.17) is 4.74 Å². The van der Waals surface area contributed by atoms with Gasteiger partial charge in [0.05, 0.1) is 11.8 Å². The summed E-state index contributed by atoms with van der Waals surface area (Å²) >= 11 is 0. The fraction of sp³-hybridized carbons (Fsp3) is 0.500. The first-order valence-corrected chi connectivity index (χ1v) is 13.6. The third kappa shape index (κ3) is 5.25. The van der Waals surface area contributed by atoms with Gasteiger partial charge in [-0.2, -0.15) is 0 Å². The van der Waals surface area contributed by atoms with Crippen LogP contribution in [0, 0.1) is 0 Å². The van der Waals surface area contributed by atoms with Crippen LogP contribution in [-0.4, -0.2) is 37.3 Å². The van der Waals surface area contributed by atoms with Gasteiger partial charge >= 0.3 is 0 Å². The summed E-state index contributed by atoms with van der Waals surface area (Å²) in [4.78, 5) is 13.1. The molecule has 4 rings (SSSR count). The second-order valence-electron chi connectivity index (χ2n) is 9.17. The Balaban J connectivity index is 1.46. The lowest BCUT2D eigenvalue weighted by atomic mass is 9.83. The van der Waals surface area contributed by atoms with Gasteiger partial charge in [0.2, 0.25) is 10.0 Å². The molecule has 0 radical (unpaired) electrons. The van der Waals surface area contributed by atoms with E-state index >= 15 is 0 Å². The van der Waals surface area contributed by atoms with Gasteiger partial charge in [0.25, 0.3) is 5.91 Å². The lowest BCUT2D eigenvalue weighted by Gasteiger charge is -2.41. The van der Waals surface area contributed by atoms with Crippen molar-refractivity contribution in [1.82, 2.24) is 9.62 Å². The molecule has 2 aromatic rings. The van der Waals surface area contributed by atoms with Crippen molar-refractivity contribution in [2.24, 2.45) is 0 Å². The Kier molecular flexibility index (Phi) is 7.10. The number of para-hydroxylation sites is 1. The number of carbonyl (C=O) groups is 1. The maximum atomic E-state index is 13.1. The van der Waals surface area contributed by atoms with Gasteiger partial charge in [-0.25, -0.2) is 12.7 Å². The molecule has 6 nitrogen and oxygen atoms in total. The first-order valence-electron chi connectivity index (χ1n) is 12.0. The Morgan fingerprint density at radius 2 is 1.70 bits per heavy atom. The molecule has 0 spiro atoms. The third-order valence-corrected chi connectivity index (χ3v) is 8.91. The predicted molar refractivity (Wildman–Crippen MR) is 130 cm³/mol. The summed E-state index contributed by atoms with van der Waals surface area (Å²) in [6, 6.07) is 14.7. The van der Waals surface area contributed by atoms with Crippen molar-refractivity contribution in [3.05, 3.63) is 65.2 Å². The number of ether oxygens (including phenoxy) is 1. The Morgan fingerprint density at radius 1 is 1.03 bits per heavy atom. The molecule has 1 N–H and O–H groups in total. The number of nitrogens with one attached hydrogen (secondary N) is 1. The van der Waals surface area contributed by atoms with Gasteiger partial charge in [0.15, 0.2) is 0 Å². The van der Waals surface area contributed by atoms with Crippen LogP contribution in [0.2, 0.25) is 0 Å². The van der Waals surface area contributed by atoms with Gasteiger partial charge < -0.3 is 10.1 Å². The number of piperidine rings is 1. The van der Waals surface area contributed by atoms with Crippen LogP contribution >= 0.6 is 0 Å². The van der Waals surface area contributed by atoms with Crippen LogP contribution < -0.4 is 10.1 Å². The summed E-state index contributed by atoms with van der Waals surface area (Å²) in [6.07, 6.45) is 5.38. The highest BCUT2D eigenvalue weighted by molar-refractivity contribution is 7.88. The average Bonchev–Trinajstić information content (AvgIpc) is 2.84. The molecule has 1 amide bonds. The minimum atomic E-state index is -3.33. The van der Waals surface area contributed by atoms with Crippen molar-refractivity contribution >= 4 is 15.9 Å². The van der Waals surface area contributed by atoms with Crippen LogP contribution in [-0.2, 0) is 15.8 Å². The summed E-state index contributed by atoms with van der Waals surface area (Å²) in [5.74, 6) is 0.636. The largest absolute Gasteiger partial charge is 0.487 e. The van der Waals surface area contributed by atoms with Gasteiger partial charge in [-0.15, -0.1) is 0 Å². The first-order chi connectivity index (χ1) is 15.9. The number of amides is 1. The monoisotopic (exact) mass is 470 g/mol. The number of fused-ring (bicyclic) bond motifs is 1. The zero-order valence-corrected chi connectivity index (χ0v) is 20.4. The molecular formula is C26H34N2O4S. The van der Waals surface area contributed by atoms with E-state index in [0.29, 0.717) is 24.2 Å². The van der Waals surface area contributed by atoms with Crippen molar-refractivity contribution in [2.75, 3.05) is 13.1 Å². The molecule has 0 aliphatic carbocycles. The maximum absolute atomic E-state index is 13.1. The molecule has 1 fully saturated rings. The molecule has 0 aromatic heterocycles. The van der Waals surface area contributed by atoms with Crippen molar-refractivity contribution < 1.29 is 17.9 Å². The number of carbonyl (C=O) groups excluding carboxylic acids is 1. The normalized spacial score (nSPS) is 20.5. The van der Waals surface area contributed by atoms with Crippen LogP contribution in [0.15, 0.2) is 48.5 Å². The Morgan fingerprint density at radius 3 is 2.36 bits per heavy atom. The molecule has 1 saturated heterocycles. The van der Waals surface area contributed by atoms with Gasteiger partial charge in [0.1, 0.15) is 11.4 Å². The lowest BCUT2D eigenvalue weighted by Crippen LogP contribution is -2.44. The van der Waals surface area contributed by atoms with E-state index in [9.17, 15) is 13.2 Å². The Bertz CT molecular complexity index is 1070. The minimum absolute atomic E-state index is 0.0300. The van der Waals surface area contributed by atoms with Crippen molar-refractivity contribution in [1.29, 1.82) is 0 Å². The predicted octanol–water partition coefficient (Wildman–Crippen LogP) is 4.81. The molecule has 2 aliphatic heterocycles. The summed E-state index contributed by atoms with van der Waals surface area (Å²) in [5.41, 5.74) is 1.92. The van der Waals surface area contributed by atoms with Crippen LogP contribution in [0.1, 0.15) is 79.9 Å². The second-order valence-corrected chi connectivity index (χ2v) is 11.1.